The van der Waals surface area contributed by atoms with Crippen molar-refractivity contribution in [2.45, 2.75) is 18.7 Å². The lowest BCUT2D eigenvalue weighted by Crippen LogP contribution is -2.42. The third-order valence-corrected chi connectivity index (χ3v) is 5.56. The lowest BCUT2D eigenvalue weighted by atomic mass is 9.93. The second kappa shape index (κ2) is 9.51. The van der Waals surface area contributed by atoms with Gasteiger partial charge < -0.3 is 18.4 Å². The number of phosphoric ester groups is 1. The van der Waals surface area contributed by atoms with E-state index in [0.29, 0.717) is 17.1 Å². The number of rotatable bonds is 11. The highest BCUT2D eigenvalue weighted by Gasteiger charge is 2.42. The van der Waals surface area contributed by atoms with Crippen LogP contribution in [-0.4, -0.2) is 68.3 Å². The van der Waals surface area contributed by atoms with Crippen LogP contribution >= 0.6 is 7.82 Å². The van der Waals surface area contributed by atoms with Gasteiger partial charge in [0.15, 0.2) is 0 Å². The van der Waals surface area contributed by atoms with Gasteiger partial charge in [0.25, 0.3) is 7.82 Å². The van der Waals surface area contributed by atoms with Crippen molar-refractivity contribution >= 4 is 7.82 Å². The van der Waals surface area contributed by atoms with Crippen LogP contribution in [0.3, 0.4) is 0 Å². The minimum absolute atomic E-state index is 0.154. The number of hydrogen-bond acceptors (Lipinski definition) is 8. The number of benzene rings is 1. The summed E-state index contributed by atoms with van der Waals surface area (Å²) in [5.41, 5.74) is -2.16. The lowest BCUT2D eigenvalue weighted by molar-refractivity contribution is -0.870. The van der Waals surface area contributed by atoms with Gasteiger partial charge in [0, 0.05) is 11.6 Å². The van der Waals surface area contributed by atoms with E-state index in [1.807, 2.05) is 21.1 Å². The molecule has 0 radical (unpaired) electrons. The predicted octanol–water partition coefficient (Wildman–Crippen LogP) is 0.951. The third-order valence-electron chi connectivity index (χ3n) is 4.49. The van der Waals surface area contributed by atoms with Crippen LogP contribution in [0, 0.1) is 11.6 Å². The summed E-state index contributed by atoms with van der Waals surface area (Å²) in [7, 11) is 0.628. The summed E-state index contributed by atoms with van der Waals surface area (Å²) in [5.74, 6) is -1.83. The fraction of sp³-hybridized carbons (Fsp3) is 0.444. The number of phosphoric acid groups is 1. The molecule has 0 amide bonds. The summed E-state index contributed by atoms with van der Waals surface area (Å²) in [6, 6.07) is 2.77. The molecule has 32 heavy (non-hydrogen) atoms. The largest absolute Gasteiger partial charge is 0.756 e. The van der Waals surface area contributed by atoms with Crippen molar-refractivity contribution in [2.75, 3.05) is 34.3 Å². The van der Waals surface area contributed by atoms with Gasteiger partial charge in [-0.3, -0.25) is 4.57 Å². The van der Waals surface area contributed by atoms with Crippen molar-refractivity contribution in [1.29, 1.82) is 0 Å². The maximum absolute atomic E-state index is 14.9. The number of halogens is 2. The Morgan fingerprint density at radius 2 is 1.69 bits per heavy atom. The number of nitrogens with zero attached hydrogens (tertiary/aromatic N) is 7. The molecule has 0 aliphatic heterocycles. The Balaban J connectivity index is 2.03. The monoisotopic (exact) mass is 471 g/mol. The van der Waals surface area contributed by atoms with Crippen molar-refractivity contribution < 1.29 is 31.8 Å². The molecule has 2 heterocycles. The van der Waals surface area contributed by atoms with E-state index in [1.54, 1.807) is 0 Å². The highest BCUT2D eigenvalue weighted by molar-refractivity contribution is 7.45. The van der Waals surface area contributed by atoms with E-state index in [9.17, 15) is 18.2 Å². The molecule has 1 aromatic carbocycles. The first kappa shape index (κ1) is 24.1. The summed E-state index contributed by atoms with van der Waals surface area (Å²) in [6.07, 6.45) is 5.09. The van der Waals surface area contributed by atoms with E-state index >= 15 is 0 Å². The molecule has 3 rings (SSSR count). The zero-order valence-corrected chi connectivity index (χ0v) is 18.7. The first-order chi connectivity index (χ1) is 15.0. The van der Waals surface area contributed by atoms with E-state index in [1.165, 1.54) is 34.7 Å². The predicted molar refractivity (Wildman–Crippen MR) is 106 cm³/mol. The smallest absolute Gasteiger partial charge is 0.269 e. The summed E-state index contributed by atoms with van der Waals surface area (Å²) in [5, 5.41) is 7.95. The maximum Gasteiger partial charge on any atom is 0.269 e. The normalized spacial score (nSPS) is 14.4. The molecule has 0 N–H and O–H groups in total. The van der Waals surface area contributed by atoms with Gasteiger partial charge in [0.05, 0.1) is 34.2 Å². The van der Waals surface area contributed by atoms with Gasteiger partial charge in [0.1, 0.15) is 55.7 Å². The molecule has 0 bridgehead atoms. The van der Waals surface area contributed by atoms with Crippen molar-refractivity contribution in [3.05, 3.63) is 60.7 Å². The van der Waals surface area contributed by atoms with Crippen LogP contribution in [0.25, 0.3) is 0 Å². The Bertz CT molecular complexity index is 1020. The maximum atomic E-state index is 14.9. The second-order valence-corrected chi connectivity index (χ2v) is 9.53. The Hall–Kier alpha value is -2.57. The van der Waals surface area contributed by atoms with Gasteiger partial charge in [-0.15, -0.1) is 0 Å². The lowest BCUT2D eigenvalue weighted by Gasteiger charge is -2.39. The minimum Gasteiger partial charge on any atom is -0.756 e. The SMILES string of the molecule is C[N+](C)(C)CCOP(=O)([O-])OC(Cn1cncn1)(Cn1cncn1)c1ccc(F)cc1F. The zero-order chi connectivity index (χ0) is 23.4. The summed E-state index contributed by atoms with van der Waals surface area (Å²) >= 11 is 0. The topological polar surface area (TPSA) is 120 Å². The molecule has 1 unspecified atom stereocenters. The molecule has 0 spiro atoms. The molecule has 0 saturated carbocycles. The highest BCUT2D eigenvalue weighted by atomic mass is 31.2. The summed E-state index contributed by atoms with van der Waals surface area (Å²) < 4.78 is 55.0. The van der Waals surface area contributed by atoms with Crippen LogP contribution in [0.1, 0.15) is 5.56 Å². The molecule has 11 nitrogen and oxygen atoms in total. The van der Waals surface area contributed by atoms with Gasteiger partial charge in [-0.05, 0) is 6.07 Å². The van der Waals surface area contributed by atoms with E-state index in [0.717, 1.165) is 12.1 Å². The Morgan fingerprint density at radius 3 is 2.16 bits per heavy atom. The number of hydrogen-bond donors (Lipinski definition) is 0. The van der Waals surface area contributed by atoms with Crippen LogP contribution in [0.5, 0.6) is 0 Å². The third kappa shape index (κ3) is 6.47. The summed E-state index contributed by atoms with van der Waals surface area (Å²) in [4.78, 5) is 20.5. The van der Waals surface area contributed by atoms with Gasteiger partial charge in [-0.1, -0.05) is 6.07 Å². The highest BCUT2D eigenvalue weighted by Crippen LogP contribution is 2.48. The van der Waals surface area contributed by atoms with Crippen LogP contribution in [0.2, 0.25) is 0 Å². The van der Waals surface area contributed by atoms with Crippen LogP contribution in [0.4, 0.5) is 8.78 Å². The summed E-state index contributed by atoms with van der Waals surface area (Å²) in [6.45, 7) is -0.362. The Kier molecular flexibility index (Phi) is 7.16. The van der Waals surface area contributed by atoms with Crippen LogP contribution in [-0.2, 0) is 32.3 Å². The van der Waals surface area contributed by atoms with Crippen molar-refractivity contribution in [3.8, 4) is 0 Å². The molecule has 0 aliphatic rings. The minimum atomic E-state index is -4.98. The molecule has 2 aromatic heterocycles. The van der Waals surface area contributed by atoms with Gasteiger partial charge in [-0.2, -0.15) is 10.2 Å². The van der Waals surface area contributed by atoms with E-state index < -0.39 is 25.1 Å². The van der Waals surface area contributed by atoms with E-state index in [-0.39, 0.29) is 25.3 Å². The number of likely N-dealkylation sites (N-methyl/N-ethyl adjacent to an activating group) is 1. The average molecular weight is 471 g/mol. The van der Waals surface area contributed by atoms with E-state index in [4.69, 9.17) is 9.05 Å². The van der Waals surface area contributed by atoms with Crippen molar-refractivity contribution in [1.82, 2.24) is 29.5 Å². The van der Waals surface area contributed by atoms with Crippen LogP contribution in [0.15, 0.2) is 43.5 Å². The molecular formula is C18H24F2N7O4P. The fourth-order valence-electron chi connectivity index (χ4n) is 3.01. The molecule has 3 aromatic rings. The first-order valence-corrected chi connectivity index (χ1v) is 11.0. The van der Waals surface area contributed by atoms with Gasteiger partial charge >= 0.3 is 0 Å². The molecule has 1 atom stereocenters. The fourth-order valence-corrected chi connectivity index (χ4v) is 4.01. The number of quaternary nitrogens is 1. The van der Waals surface area contributed by atoms with Crippen LogP contribution < -0.4 is 4.89 Å². The second-order valence-electron chi connectivity index (χ2n) is 8.19. The molecular weight excluding hydrogens is 447 g/mol. The number of aromatic nitrogens is 6. The molecule has 0 aliphatic carbocycles. The van der Waals surface area contributed by atoms with E-state index in [2.05, 4.69) is 20.2 Å². The van der Waals surface area contributed by atoms with Gasteiger partial charge in [0.2, 0.25) is 0 Å². The molecule has 14 heteroatoms. The van der Waals surface area contributed by atoms with Crippen molar-refractivity contribution in [2.24, 2.45) is 0 Å². The van der Waals surface area contributed by atoms with Gasteiger partial charge in [-0.25, -0.2) is 28.1 Å². The Labute approximate surface area is 183 Å². The standard InChI is InChI=1S/C18H24F2N7O4P/c1-27(2,3)6-7-30-32(28,29)31-18(9-25-13-21-11-23-25,10-26-14-22-12-24-26)16-5-4-15(19)8-17(16)20/h4-5,8,11-14H,6-7,9-10H2,1-3H3. The molecule has 0 fully saturated rings. The average Bonchev–Trinajstić information content (AvgIpc) is 3.33. The quantitative estimate of drug-likeness (QED) is 0.300. The molecule has 0 saturated heterocycles. The Morgan fingerprint density at radius 1 is 1.09 bits per heavy atom. The van der Waals surface area contributed by atoms with Crippen molar-refractivity contribution in [3.63, 3.8) is 0 Å². The molecule has 174 valence electrons. The zero-order valence-electron chi connectivity index (χ0n) is 17.8. The first-order valence-electron chi connectivity index (χ1n) is 9.55.